The molecule has 0 spiro atoms. The highest BCUT2D eigenvalue weighted by Crippen LogP contribution is 2.11. The van der Waals surface area contributed by atoms with Gasteiger partial charge in [0.2, 0.25) is 0 Å². The number of aryl methyl sites for hydroxylation is 1. The van der Waals surface area contributed by atoms with Crippen LogP contribution in [0, 0.1) is 6.92 Å². The van der Waals surface area contributed by atoms with Crippen molar-refractivity contribution in [2.45, 2.75) is 46.0 Å². The van der Waals surface area contributed by atoms with Gasteiger partial charge in [0.1, 0.15) is 0 Å². The Balaban J connectivity index is 1.91. The van der Waals surface area contributed by atoms with Crippen LogP contribution in [0.15, 0.2) is 59.7 Å². The van der Waals surface area contributed by atoms with Crippen molar-refractivity contribution in [3.05, 3.63) is 65.7 Å². The molecule has 2 aromatic rings. The molecule has 26 heavy (non-hydrogen) atoms. The molecule has 0 heterocycles. The van der Waals surface area contributed by atoms with Crippen molar-refractivity contribution in [2.75, 3.05) is 11.9 Å². The fraction of sp³-hybridized carbons (Fsp3) is 0.364. The predicted molar refractivity (Wildman–Crippen MR) is 110 cm³/mol. The van der Waals surface area contributed by atoms with Crippen molar-refractivity contribution in [3.63, 3.8) is 0 Å². The van der Waals surface area contributed by atoms with Crippen LogP contribution in [0.1, 0.15) is 50.2 Å². The first kappa shape index (κ1) is 19.7. The highest BCUT2D eigenvalue weighted by atomic mass is 16.2. The Hall–Kier alpha value is -2.62. The molecule has 0 saturated heterocycles. The van der Waals surface area contributed by atoms with E-state index in [2.05, 4.69) is 22.8 Å². The lowest BCUT2D eigenvalue weighted by Crippen LogP contribution is -2.27. The Morgan fingerprint density at radius 2 is 1.81 bits per heavy atom. The third kappa shape index (κ3) is 7.09. The van der Waals surface area contributed by atoms with E-state index >= 15 is 0 Å². The van der Waals surface area contributed by atoms with Crippen molar-refractivity contribution < 1.29 is 4.79 Å². The van der Waals surface area contributed by atoms with E-state index in [1.165, 1.54) is 19.3 Å². The van der Waals surface area contributed by atoms with E-state index in [0.717, 1.165) is 35.4 Å². The molecule has 2 aromatic carbocycles. The average Bonchev–Trinajstić information content (AvgIpc) is 2.66. The first-order valence-electron chi connectivity index (χ1n) is 9.40. The first-order chi connectivity index (χ1) is 12.7. The van der Waals surface area contributed by atoms with Gasteiger partial charge in [-0.15, -0.1) is 0 Å². The number of carbonyl (C=O) groups is 1. The van der Waals surface area contributed by atoms with Crippen LogP contribution < -0.4 is 10.7 Å². The van der Waals surface area contributed by atoms with Crippen LogP contribution >= 0.6 is 0 Å². The molecule has 0 saturated carbocycles. The molecule has 0 atom stereocenters. The maximum atomic E-state index is 12.1. The summed E-state index contributed by atoms with van der Waals surface area (Å²) in [5.74, 6) is -0.145. The third-order valence-electron chi connectivity index (χ3n) is 4.16. The zero-order valence-corrected chi connectivity index (χ0v) is 15.8. The Bertz CT molecular complexity index is 710. The molecule has 0 aliphatic heterocycles. The topological polar surface area (TPSA) is 53.5 Å². The zero-order chi connectivity index (χ0) is 18.6. The van der Waals surface area contributed by atoms with E-state index in [1.807, 2.05) is 61.5 Å². The summed E-state index contributed by atoms with van der Waals surface area (Å²) in [6.45, 7) is 4.43. The van der Waals surface area contributed by atoms with E-state index in [0.29, 0.717) is 0 Å². The molecule has 0 unspecified atom stereocenters. The highest BCUT2D eigenvalue weighted by Gasteiger charge is 2.06. The fourth-order valence-electron chi connectivity index (χ4n) is 2.72. The van der Waals surface area contributed by atoms with Gasteiger partial charge in [-0.2, -0.15) is 5.10 Å². The maximum Gasteiger partial charge on any atom is 0.259 e. The minimum absolute atomic E-state index is 0.145. The van der Waals surface area contributed by atoms with Gasteiger partial charge in [-0.3, -0.25) is 4.79 Å². The number of hydrogen-bond donors (Lipinski definition) is 2. The fourth-order valence-corrected chi connectivity index (χ4v) is 2.72. The van der Waals surface area contributed by atoms with Crippen molar-refractivity contribution in [2.24, 2.45) is 5.10 Å². The van der Waals surface area contributed by atoms with Crippen LogP contribution in [-0.4, -0.2) is 18.2 Å². The molecule has 1 amide bonds. The Morgan fingerprint density at radius 3 is 2.54 bits per heavy atom. The Morgan fingerprint density at radius 1 is 1.00 bits per heavy atom. The normalized spacial score (nSPS) is 11.2. The lowest BCUT2D eigenvalue weighted by Gasteiger charge is -2.09. The number of anilines is 1. The molecule has 0 aromatic heterocycles. The summed E-state index contributed by atoms with van der Waals surface area (Å²) >= 11 is 0. The molecule has 0 aliphatic rings. The van der Waals surface area contributed by atoms with E-state index in [4.69, 9.17) is 0 Å². The zero-order valence-electron chi connectivity index (χ0n) is 15.8. The summed E-state index contributed by atoms with van der Waals surface area (Å²) < 4.78 is 0. The maximum absolute atomic E-state index is 12.1. The van der Waals surface area contributed by atoms with Crippen molar-refractivity contribution >= 4 is 17.3 Å². The number of hydrogen-bond acceptors (Lipinski definition) is 3. The highest BCUT2D eigenvalue weighted by molar-refractivity contribution is 6.01. The van der Waals surface area contributed by atoms with Crippen LogP contribution in [0.3, 0.4) is 0 Å². The molecule has 138 valence electrons. The van der Waals surface area contributed by atoms with Crippen molar-refractivity contribution in [1.82, 2.24) is 5.43 Å². The SMILES string of the molecule is CCCCCCC(=NNC(=O)CNc1cccc(C)c1)c1ccccc1. The van der Waals surface area contributed by atoms with Crippen LogP contribution in [0.2, 0.25) is 0 Å². The summed E-state index contributed by atoms with van der Waals surface area (Å²) in [5.41, 5.74) is 6.79. The molecule has 0 fully saturated rings. The number of amides is 1. The van der Waals surface area contributed by atoms with E-state index < -0.39 is 0 Å². The van der Waals surface area contributed by atoms with Crippen LogP contribution in [0.4, 0.5) is 5.69 Å². The van der Waals surface area contributed by atoms with Crippen LogP contribution in [0.25, 0.3) is 0 Å². The molecule has 0 bridgehead atoms. The van der Waals surface area contributed by atoms with Gasteiger partial charge >= 0.3 is 0 Å². The predicted octanol–water partition coefficient (Wildman–Crippen LogP) is 4.90. The van der Waals surface area contributed by atoms with Crippen molar-refractivity contribution in [1.29, 1.82) is 0 Å². The second-order valence-corrected chi connectivity index (χ2v) is 6.49. The Kier molecular flexibility index (Phi) is 8.40. The molecule has 4 nitrogen and oxygen atoms in total. The number of unbranched alkanes of at least 4 members (excludes halogenated alkanes) is 3. The molecule has 0 aliphatic carbocycles. The van der Waals surface area contributed by atoms with Crippen LogP contribution in [-0.2, 0) is 4.79 Å². The molecule has 2 N–H and O–H groups in total. The molecular formula is C22H29N3O. The van der Waals surface area contributed by atoms with E-state index in [9.17, 15) is 4.79 Å². The number of carbonyl (C=O) groups excluding carboxylic acids is 1. The average molecular weight is 351 g/mol. The quantitative estimate of drug-likeness (QED) is 0.363. The summed E-state index contributed by atoms with van der Waals surface area (Å²) in [7, 11) is 0. The summed E-state index contributed by atoms with van der Waals surface area (Å²) in [5, 5.41) is 7.53. The van der Waals surface area contributed by atoms with Gasteiger partial charge in [0.05, 0.1) is 12.3 Å². The summed E-state index contributed by atoms with van der Waals surface area (Å²) in [4.78, 5) is 12.1. The lowest BCUT2D eigenvalue weighted by molar-refractivity contribution is -0.119. The lowest BCUT2D eigenvalue weighted by atomic mass is 10.0. The van der Waals surface area contributed by atoms with Gasteiger partial charge in [0, 0.05) is 5.69 Å². The van der Waals surface area contributed by atoms with Gasteiger partial charge in [-0.25, -0.2) is 5.43 Å². The van der Waals surface area contributed by atoms with Gasteiger partial charge in [-0.05, 0) is 43.0 Å². The summed E-state index contributed by atoms with van der Waals surface area (Å²) in [6, 6.07) is 18.0. The summed E-state index contributed by atoms with van der Waals surface area (Å²) in [6.07, 6.45) is 5.58. The van der Waals surface area contributed by atoms with Gasteiger partial charge in [0.15, 0.2) is 0 Å². The smallest absolute Gasteiger partial charge is 0.259 e. The van der Waals surface area contributed by atoms with Gasteiger partial charge in [0.25, 0.3) is 5.91 Å². The van der Waals surface area contributed by atoms with Gasteiger partial charge < -0.3 is 5.32 Å². The number of benzene rings is 2. The number of nitrogens with one attached hydrogen (secondary N) is 2. The first-order valence-corrected chi connectivity index (χ1v) is 9.40. The molecular weight excluding hydrogens is 322 g/mol. The van der Waals surface area contributed by atoms with Gasteiger partial charge in [-0.1, -0.05) is 68.7 Å². The second kappa shape index (κ2) is 11.1. The monoisotopic (exact) mass is 351 g/mol. The molecule has 0 radical (unpaired) electrons. The second-order valence-electron chi connectivity index (χ2n) is 6.49. The molecule has 4 heteroatoms. The Labute approximate surface area is 156 Å². The van der Waals surface area contributed by atoms with E-state index in [-0.39, 0.29) is 12.5 Å². The number of rotatable bonds is 10. The third-order valence-corrected chi connectivity index (χ3v) is 4.16. The largest absolute Gasteiger partial charge is 0.376 e. The van der Waals surface area contributed by atoms with Crippen LogP contribution in [0.5, 0.6) is 0 Å². The molecule has 2 rings (SSSR count). The van der Waals surface area contributed by atoms with E-state index in [1.54, 1.807) is 0 Å². The minimum atomic E-state index is -0.145. The standard InChI is InChI=1S/C22H29N3O/c1-3-4-5-9-15-21(19-12-7-6-8-13-19)24-25-22(26)17-23-20-14-10-11-18(2)16-20/h6-8,10-14,16,23H,3-5,9,15,17H2,1-2H3,(H,25,26). The number of nitrogens with zero attached hydrogens (tertiary/aromatic N) is 1. The van der Waals surface area contributed by atoms with Crippen molar-refractivity contribution in [3.8, 4) is 0 Å². The number of hydrazone groups is 1. The minimum Gasteiger partial charge on any atom is -0.376 e.